The van der Waals surface area contributed by atoms with Gasteiger partial charge in [-0.3, -0.25) is 23.7 Å². The van der Waals surface area contributed by atoms with Crippen LogP contribution in [0.25, 0.3) is 32.9 Å². The fourth-order valence-corrected chi connectivity index (χ4v) is 3.89. The highest BCUT2D eigenvalue weighted by molar-refractivity contribution is 5.94. The molecule has 3 aromatic carbocycles. The lowest BCUT2D eigenvalue weighted by Gasteiger charge is -2.06. The van der Waals surface area contributed by atoms with Crippen molar-refractivity contribution in [2.75, 3.05) is 5.73 Å². The minimum Gasteiger partial charge on any atom is -0.399 e. The molecule has 0 unspecified atom stereocenters. The Balaban J connectivity index is 1.69. The second kappa shape index (κ2) is 6.81. The van der Waals surface area contributed by atoms with Gasteiger partial charge in [0.05, 0.1) is 6.54 Å². The lowest BCUT2D eigenvalue weighted by atomic mass is 10.0. The molecule has 8 heteroatoms. The zero-order valence-electron chi connectivity index (χ0n) is 16.1. The van der Waals surface area contributed by atoms with Gasteiger partial charge >= 0.3 is 0 Å². The smallest absolute Gasteiger partial charge is 0.266 e. The van der Waals surface area contributed by atoms with E-state index in [-0.39, 0.29) is 28.4 Å². The van der Waals surface area contributed by atoms with Gasteiger partial charge in [-0.1, -0.05) is 30.3 Å². The Morgan fingerprint density at radius 3 is 1.87 bits per heavy atom. The van der Waals surface area contributed by atoms with Crippen LogP contribution in [0.1, 0.15) is 5.56 Å². The van der Waals surface area contributed by atoms with Crippen LogP contribution in [0.3, 0.4) is 0 Å². The third kappa shape index (κ3) is 2.84. The maximum Gasteiger partial charge on any atom is 0.266 e. The van der Waals surface area contributed by atoms with E-state index in [0.29, 0.717) is 11.3 Å². The number of anilines is 1. The average molecular weight is 412 g/mol. The second-order valence-electron chi connectivity index (χ2n) is 7.30. The Morgan fingerprint density at radius 1 is 0.742 bits per heavy atom. The molecule has 2 heterocycles. The van der Waals surface area contributed by atoms with Crippen LogP contribution in [0.5, 0.6) is 0 Å². The third-order valence-electron chi connectivity index (χ3n) is 5.35. The van der Waals surface area contributed by atoms with Crippen molar-refractivity contribution < 1.29 is 0 Å². The average Bonchev–Trinajstić information content (AvgIpc) is 3.03. The number of aromatic amines is 2. The first-order chi connectivity index (χ1) is 15.0. The number of nitrogens with zero attached hydrogens (tertiary/aromatic N) is 1. The van der Waals surface area contributed by atoms with Gasteiger partial charge in [0.25, 0.3) is 11.1 Å². The van der Waals surface area contributed by atoms with Crippen molar-refractivity contribution in [3.05, 3.63) is 108 Å². The quantitative estimate of drug-likeness (QED) is 0.388. The topological polar surface area (TPSA) is 131 Å². The van der Waals surface area contributed by atoms with Crippen LogP contribution in [-0.2, 0) is 6.54 Å². The van der Waals surface area contributed by atoms with Crippen LogP contribution in [0.2, 0.25) is 0 Å². The summed E-state index contributed by atoms with van der Waals surface area (Å²) in [4.78, 5) is 56.9. The Bertz CT molecular complexity index is 1630. The summed E-state index contributed by atoms with van der Waals surface area (Å²) < 4.78 is 0.935. The fourth-order valence-electron chi connectivity index (χ4n) is 3.89. The van der Waals surface area contributed by atoms with Crippen LogP contribution in [0, 0.1) is 0 Å². The normalized spacial score (nSPS) is 11.4. The molecule has 0 atom stereocenters. The number of hydrogen-bond donors (Lipinski definition) is 3. The van der Waals surface area contributed by atoms with Gasteiger partial charge in [-0.05, 0) is 34.9 Å². The number of H-pyrrole nitrogens is 2. The number of fused-ring (bicyclic) bond motifs is 2. The lowest BCUT2D eigenvalue weighted by molar-refractivity contribution is 0.754. The second-order valence-corrected chi connectivity index (χ2v) is 7.30. The van der Waals surface area contributed by atoms with Gasteiger partial charge in [0.15, 0.2) is 0 Å². The minimum absolute atomic E-state index is 0.0297. The SMILES string of the molecule is Nc1cccc(-c2cccc(Cn3c(=O)c4c(=O)c5[nH]cc[nH]c5c(=O)c4c3=O)c2)c1. The van der Waals surface area contributed by atoms with Crippen molar-refractivity contribution in [1.29, 1.82) is 0 Å². The maximum absolute atomic E-state index is 13.0. The molecule has 152 valence electrons. The largest absolute Gasteiger partial charge is 0.399 e. The van der Waals surface area contributed by atoms with Crippen LogP contribution in [-0.4, -0.2) is 14.5 Å². The molecule has 0 spiro atoms. The molecule has 31 heavy (non-hydrogen) atoms. The van der Waals surface area contributed by atoms with Gasteiger partial charge in [0, 0.05) is 18.1 Å². The predicted octanol–water partition coefficient (Wildman–Crippen LogP) is 1.63. The van der Waals surface area contributed by atoms with E-state index in [0.717, 1.165) is 15.7 Å². The summed E-state index contributed by atoms with van der Waals surface area (Å²) in [6, 6.07) is 14.7. The number of benzene rings is 3. The summed E-state index contributed by atoms with van der Waals surface area (Å²) >= 11 is 0. The van der Waals surface area contributed by atoms with E-state index in [9.17, 15) is 19.2 Å². The van der Waals surface area contributed by atoms with E-state index in [1.54, 1.807) is 12.1 Å². The van der Waals surface area contributed by atoms with Crippen LogP contribution >= 0.6 is 0 Å². The molecular weight excluding hydrogens is 396 g/mol. The van der Waals surface area contributed by atoms with Crippen molar-refractivity contribution in [3.63, 3.8) is 0 Å². The molecule has 0 saturated carbocycles. The van der Waals surface area contributed by atoms with E-state index in [2.05, 4.69) is 9.97 Å². The molecule has 5 aromatic rings. The minimum atomic E-state index is -0.768. The molecule has 8 nitrogen and oxygen atoms in total. The first-order valence-electron chi connectivity index (χ1n) is 9.53. The summed E-state index contributed by atoms with van der Waals surface area (Å²) in [5.74, 6) is 0. The van der Waals surface area contributed by atoms with Gasteiger partial charge in [0.1, 0.15) is 21.8 Å². The highest BCUT2D eigenvalue weighted by Gasteiger charge is 2.22. The maximum atomic E-state index is 13.0. The van der Waals surface area contributed by atoms with E-state index >= 15 is 0 Å². The molecule has 0 radical (unpaired) electrons. The van der Waals surface area contributed by atoms with Gasteiger partial charge < -0.3 is 15.7 Å². The molecule has 5 rings (SSSR count). The number of nitrogen functional groups attached to an aromatic ring is 1. The fraction of sp³-hybridized carbons (Fsp3) is 0.0435. The summed E-state index contributed by atoms with van der Waals surface area (Å²) in [6.45, 7) is -0.0643. The zero-order valence-corrected chi connectivity index (χ0v) is 16.1. The number of nitrogens with two attached hydrogens (primary N) is 1. The standard InChI is InChI=1S/C23H16N4O4/c24-15-6-2-5-14(10-15)13-4-1-3-12(9-13)11-27-22(30)16-17(23(27)31)21(29)19-18(20(16)28)25-7-8-26-19/h1-10,25-26H,11,24H2. The van der Waals surface area contributed by atoms with Crippen LogP contribution in [0.4, 0.5) is 5.69 Å². The Kier molecular flexibility index (Phi) is 4.07. The van der Waals surface area contributed by atoms with Gasteiger partial charge in [-0.2, -0.15) is 0 Å². The summed E-state index contributed by atoms with van der Waals surface area (Å²) in [7, 11) is 0. The summed E-state index contributed by atoms with van der Waals surface area (Å²) in [6.07, 6.45) is 2.88. The van der Waals surface area contributed by atoms with Crippen molar-refractivity contribution >= 4 is 27.5 Å². The molecule has 0 aliphatic heterocycles. The zero-order chi connectivity index (χ0) is 21.7. The lowest BCUT2D eigenvalue weighted by Crippen LogP contribution is -2.27. The van der Waals surface area contributed by atoms with Gasteiger partial charge in [-0.15, -0.1) is 0 Å². The van der Waals surface area contributed by atoms with Crippen molar-refractivity contribution in [3.8, 4) is 11.1 Å². The van der Waals surface area contributed by atoms with E-state index in [4.69, 9.17) is 5.73 Å². The van der Waals surface area contributed by atoms with E-state index in [1.165, 1.54) is 12.4 Å². The predicted molar refractivity (Wildman–Crippen MR) is 120 cm³/mol. The molecule has 0 bridgehead atoms. The third-order valence-corrected chi connectivity index (χ3v) is 5.35. The van der Waals surface area contributed by atoms with Gasteiger partial charge in [-0.25, -0.2) is 0 Å². The molecule has 4 N–H and O–H groups in total. The molecular formula is C23H16N4O4. The first-order valence-corrected chi connectivity index (χ1v) is 9.53. The molecule has 2 aromatic heterocycles. The summed E-state index contributed by atoms with van der Waals surface area (Å²) in [5.41, 5.74) is 5.98. The number of nitrogens with one attached hydrogen (secondary N) is 2. The Labute approximate surface area is 173 Å². The van der Waals surface area contributed by atoms with E-state index in [1.807, 2.05) is 36.4 Å². The van der Waals surface area contributed by atoms with Crippen molar-refractivity contribution in [2.24, 2.45) is 0 Å². The van der Waals surface area contributed by atoms with E-state index < -0.39 is 22.0 Å². The highest BCUT2D eigenvalue weighted by atomic mass is 16.2. The number of hydrogen-bond acceptors (Lipinski definition) is 5. The van der Waals surface area contributed by atoms with Gasteiger partial charge in [0.2, 0.25) is 10.9 Å². The van der Waals surface area contributed by atoms with Crippen molar-refractivity contribution in [1.82, 2.24) is 14.5 Å². The number of rotatable bonds is 3. The molecule has 0 aliphatic rings. The first kappa shape index (κ1) is 18.6. The Morgan fingerprint density at radius 2 is 1.29 bits per heavy atom. The molecule has 0 aliphatic carbocycles. The monoisotopic (exact) mass is 412 g/mol. The molecule has 0 fully saturated rings. The van der Waals surface area contributed by atoms with Crippen molar-refractivity contribution in [2.45, 2.75) is 6.54 Å². The molecule has 0 saturated heterocycles. The Hall–Kier alpha value is -4.46. The highest BCUT2D eigenvalue weighted by Crippen LogP contribution is 2.22. The molecule has 0 amide bonds. The summed E-state index contributed by atoms with van der Waals surface area (Å²) in [5, 5.41) is -0.768. The van der Waals surface area contributed by atoms with Crippen LogP contribution in [0.15, 0.2) is 80.1 Å². The number of aromatic nitrogens is 3. The van der Waals surface area contributed by atoms with Crippen LogP contribution < -0.4 is 27.7 Å².